The molecule has 0 atom stereocenters. The van der Waals surface area contributed by atoms with Crippen LogP contribution in [-0.2, 0) is 5.41 Å². The second-order valence-corrected chi connectivity index (χ2v) is 3.38. The van der Waals surface area contributed by atoms with Gasteiger partial charge in [-0.3, -0.25) is 0 Å². The Labute approximate surface area is 85.6 Å². The van der Waals surface area contributed by atoms with E-state index in [0.29, 0.717) is 6.07 Å². The molecule has 3 nitrogen and oxygen atoms in total. The van der Waals surface area contributed by atoms with Crippen molar-refractivity contribution in [3.05, 3.63) is 35.4 Å². The lowest BCUT2D eigenvalue weighted by Crippen LogP contribution is -2.39. The maximum Gasteiger partial charge on any atom is 0.130 e. The van der Waals surface area contributed by atoms with E-state index < -0.39 is 36.9 Å². The molecule has 5 heteroatoms. The molecule has 0 heterocycles. The first-order valence-electron chi connectivity index (χ1n) is 4.38. The highest BCUT2D eigenvalue weighted by molar-refractivity contribution is 5.28. The molecule has 0 amide bonds. The Morgan fingerprint density at radius 3 is 1.93 bits per heavy atom. The largest absolute Gasteiger partial charge is 0.395 e. The van der Waals surface area contributed by atoms with Gasteiger partial charge in [-0.2, -0.15) is 0 Å². The monoisotopic (exact) mass is 218 g/mol. The first-order chi connectivity index (χ1) is 7.09. The summed E-state index contributed by atoms with van der Waals surface area (Å²) in [4.78, 5) is 0. The second-order valence-electron chi connectivity index (χ2n) is 3.38. The molecule has 15 heavy (non-hydrogen) atoms. The molecule has 84 valence electrons. The number of aliphatic hydroxyl groups is 3. The Morgan fingerprint density at radius 1 is 1.00 bits per heavy atom. The van der Waals surface area contributed by atoms with Crippen molar-refractivity contribution < 1.29 is 24.1 Å². The van der Waals surface area contributed by atoms with Gasteiger partial charge < -0.3 is 15.3 Å². The molecule has 0 aliphatic rings. The standard InChI is InChI=1S/C10H12F2O3/c11-7-1-2-8(9(12)3-7)10(4-13,5-14)6-15/h1-3,13-15H,4-6H2. The van der Waals surface area contributed by atoms with Crippen molar-refractivity contribution in [3.63, 3.8) is 0 Å². The highest BCUT2D eigenvalue weighted by atomic mass is 19.1. The van der Waals surface area contributed by atoms with Crippen molar-refractivity contribution in [2.75, 3.05) is 19.8 Å². The van der Waals surface area contributed by atoms with Gasteiger partial charge in [0.25, 0.3) is 0 Å². The lowest BCUT2D eigenvalue weighted by Gasteiger charge is -2.28. The van der Waals surface area contributed by atoms with E-state index in [1.165, 1.54) is 0 Å². The van der Waals surface area contributed by atoms with Crippen molar-refractivity contribution in [1.29, 1.82) is 0 Å². The molecule has 1 rings (SSSR count). The van der Waals surface area contributed by atoms with Gasteiger partial charge in [-0.25, -0.2) is 8.78 Å². The van der Waals surface area contributed by atoms with Crippen LogP contribution in [0.5, 0.6) is 0 Å². The topological polar surface area (TPSA) is 60.7 Å². The minimum atomic E-state index is -1.47. The zero-order chi connectivity index (χ0) is 11.5. The van der Waals surface area contributed by atoms with Crippen LogP contribution >= 0.6 is 0 Å². The van der Waals surface area contributed by atoms with Crippen molar-refractivity contribution >= 4 is 0 Å². The van der Waals surface area contributed by atoms with Gasteiger partial charge in [0.2, 0.25) is 0 Å². The van der Waals surface area contributed by atoms with Crippen LogP contribution in [0.4, 0.5) is 8.78 Å². The molecule has 0 saturated carbocycles. The first-order valence-corrected chi connectivity index (χ1v) is 4.38. The SMILES string of the molecule is OCC(CO)(CO)c1ccc(F)cc1F. The molecule has 0 unspecified atom stereocenters. The Hall–Kier alpha value is -1.04. The van der Waals surface area contributed by atoms with Gasteiger partial charge in [-0.15, -0.1) is 0 Å². The van der Waals surface area contributed by atoms with Crippen LogP contribution in [0.1, 0.15) is 5.56 Å². The number of hydrogen-bond donors (Lipinski definition) is 3. The van der Waals surface area contributed by atoms with E-state index in [-0.39, 0.29) is 5.56 Å². The summed E-state index contributed by atoms with van der Waals surface area (Å²) < 4.78 is 26.0. The molecule has 3 N–H and O–H groups in total. The quantitative estimate of drug-likeness (QED) is 0.675. The van der Waals surface area contributed by atoms with Gasteiger partial charge in [0.15, 0.2) is 0 Å². The van der Waals surface area contributed by atoms with E-state index in [4.69, 9.17) is 15.3 Å². The Morgan fingerprint density at radius 2 is 1.53 bits per heavy atom. The van der Waals surface area contributed by atoms with Crippen LogP contribution in [-0.4, -0.2) is 35.1 Å². The van der Waals surface area contributed by atoms with E-state index in [9.17, 15) is 8.78 Å². The Balaban J connectivity index is 3.22. The predicted molar refractivity (Wildman–Crippen MR) is 49.3 cm³/mol. The fourth-order valence-electron chi connectivity index (χ4n) is 1.33. The summed E-state index contributed by atoms with van der Waals surface area (Å²) in [5.74, 6) is -1.65. The zero-order valence-electron chi connectivity index (χ0n) is 7.95. The average molecular weight is 218 g/mol. The zero-order valence-corrected chi connectivity index (χ0v) is 7.95. The van der Waals surface area contributed by atoms with Crippen LogP contribution in [0.2, 0.25) is 0 Å². The molecule has 0 radical (unpaired) electrons. The summed E-state index contributed by atoms with van der Waals surface area (Å²) in [6.07, 6.45) is 0. The summed E-state index contributed by atoms with van der Waals surface area (Å²) in [6.45, 7) is -1.87. The van der Waals surface area contributed by atoms with Crippen molar-refractivity contribution in [2.24, 2.45) is 0 Å². The average Bonchev–Trinajstić information content (AvgIpc) is 2.23. The van der Waals surface area contributed by atoms with Gasteiger partial charge in [0.1, 0.15) is 11.6 Å². The van der Waals surface area contributed by atoms with Crippen molar-refractivity contribution in [1.82, 2.24) is 0 Å². The van der Waals surface area contributed by atoms with Gasteiger partial charge in [-0.1, -0.05) is 6.07 Å². The number of aliphatic hydroxyl groups excluding tert-OH is 3. The third-order valence-corrected chi connectivity index (χ3v) is 2.41. The summed E-state index contributed by atoms with van der Waals surface area (Å²) in [5.41, 5.74) is -1.57. The molecule has 0 aliphatic heterocycles. The second kappa shape index (κ2) is 4.65. The summed E-state index contributed by atoms with van der Waals surface area (Å²) in [7, 11) is 0. The highest BCUT2D eigenvalue weighted by Gasteiger charge is 2.33. The molecule has 0 bridgehead atoms. The molecule has 1 aromatic rings. The third kappa shape index (κ3) is 2.14. The van der Waals surface area contributed by atoms with E-state index in [1.807, 2.05) is 0 Å². The molecule has 0 aliphatic carbocycles. The predicted octanol–water partition coefficient (Wildman–Crippen LogP) is 0.180. The molecule has 1 aromatic carbocycles. The molecule has 0 aromatic heterocycles. The van der Waals surface area contributed by atoms with Crippen molar-refractivity contribution in [3.8, 4) is 0 Å². The summed E-state index contributed by atoms with van der Waals surface area (Å²) in [5, 5.41) is 27.1. The molecule has 0 spiro atoms. The molecular formula is C10H12F2O3. The number of rotatable bonds is 4. The van der Waals surface area contributed by atoms with Gasteiger partial charge in [-0.05, 0) is 6.07 Å². The summed E-state index contributed by atoms with van der Waals surface area (Å²) >= 11 is 0. The van der Waals surface area contributed by atoms with E-state index in [0.717, 1.165) is 12.1 Å². The van der Waals surface area contributed by atoms with Crippen LogP contribution in [0.15, 0.2) is 18.2 Å². The Kier molecular flexibility index (Phi) is 3.73. The van der Waals surface area contributed by atoms with Gasteiger partial charge in [0.05, 0.1) is 25.2 Å². The first kappa shape index (κ1) is 12.0. The maximum atomic E-state index is 13.3. The molecule has 0 saturated heterocycles. The van der Waals surface area contributed by atoms with E-state index in [2.05, 4.69) is 0 Å². The number of hydrogen-bond acceptors (Lipinski definition) is 3. The number of benzene rings is 1. The normalized spacial score (nSPS) is 11.8. The molecular weight excluding hydrogens is 206 g/mol. The fourth-order valence-corrected chi connectivity index (χ4v) is 1.33. The Bertz CT molecular complexity index is 329. The lowest BCUT2D eigenvalue weighted by atomic mass is 9.82. The third-order valence-electron chi connectivity index (χ3n) is 2.41. The van der Waals surface area contributed by atoms with Crippen LogP contribution in [0.25, 0.3) is 0 Å². The van der Waals surface area contributed by atoms with Crippen molar-refractivity contribution in [2.45, 2.75) is 5.41 Å². The van der Waals surface area contributed by atoms with E-state index in [1.54, 1.807) is 0 Å². The lowest BCUT2D eigenvalue weighted by molar-refractivity contribution is 0.0616. The van der Waals surface area contributed by atoms with E-state index >= 15 is 0 Å². The summed E-state index contributed by atoms with van der Waals surface area (Å²) in [6, 6.07) is 2.76. The van der Waals surface area contributed by atoms with Crippen LogP contribution in [0, 0.1) is 11.6 Å². The number of halogens is 2. The minimum absolute atomic E-state index is 0.101. The van der Waals surface area contributed by atoms with Crippen LogP contribution in [0.3, 0.4) is 0 Å². The fraction of sp³-hybridized carbons (Fsp3) is 0.400. The van der Waals surface area contributed by atoms with Gasteiger partial charge >= 0.3 is 0 Å². The molecule has 0 fully saturated rings. The highest BCUT2D eigenvalue weighted by Crippen LogP contribution is 2.26. The van der Waals surface area contributed by atoms with Crippen LogP contribution < -0.4 is 0 Å². The maximum absolute atomic E-state index is 13.3. The smallest absolute Gasteiger partial charge is 0.130 e. The van der Waals surface area contributed by atoms with Gasteiger partial charge in [0, 0.05) is 11.6 Å². The minimum Gasteiger partial charge on any atom is -0.395 e.